The van der Waals surface area contributed by atoms with Gasteiger partial charge in [0.05, 0.1) is 18.8 Å². The number of unbranched alkanes of at least 4 members (excludes halogenated alkanes) is 3. The normalized spacial score (nSPS) is 18.9. The minimum atomic E-state index is 0.341. The molecule has 1 aliphatic heterocycles. The molecule has 18 heavy (non-hydrogen) atoms. The van der Waals surface area contributed by atoms with E-state index in [1.165, 1.54) is 6.42 Å². The second-order valence-corrected chi connectivity index (χ2v) is 4.64. The second kappa shape index (κ2) is 11.5. The van der Waals surface area contributed by atoms with Crippen LogP contribution in [0, 0.1) is 11.3 Å². The van der Waals surface area contributed by atoms with Gasteiger partial charge in [0.2, 0.25) is 0 Å². The minimum absolute atomic E-state index is 0.341. The van der Waals surface area contributed by atoms with Crippen molar-refractivity contribution in [2.45, 2.75) is 51.0 Å². The van der Waals surface area contributed by atoms with Crippen LogP contribution in [0.5, 0.6) is 0 Å². The zero-order chi connectivity index (χ0) is 12.9. The minimum Gasteiger partial charge on any atom is -0.381 e. The molecular weight excluding hydrogens is 230 g/mol. The molecule has 0 saturated carbocycles. The van der Waals surface area contributed by atoms with Gasteiger partial charge in [0.15, 0.2) is 0 Å². The fourth-order valence-electron chi connectivity index (χ4n) is 1.93. The van der Waals surface area contributed by atoms with Gasteiger partial charge >= 0.3 is 0 Å². The predicted octanol–water partition coefficient (Wildman–Crippen LogP) is 2.67. The van der Waals surface area contributed by atoms with E-state index in [4.69, 9.17) is 19.5 Å². The van der Waals surface area contributed by atoms with Crippen molar-refractivity contribution in [1.82, 2.24) is 0 Å². The molecule has 0 bridgehead atoms. The quantitative estimate of drug-likeness (QED) is 0.533. The third-order valence-electron chi connectivity index (χ3n) is 2.98. The van der Waals surface area contributed by atoms with Gasteiger partial charge in [-0.15, -0.1) is 0 Å². The van der Waals surface area contributed by atoms with E-state index in [-0.39, 0.29) is 0 Å². The van der Waals surface area contributed by atoms with Crippen LogP contribution in [0.2, 0.25) is 0 Å². The smallest absolute Gasteiger partial charge is 0.0809 e. The Morgan fingerprint density at radius 1 is 1.06 bits per heavy atom. The molecule has 0 radical (unpaired) electrons. The highest BCUT2D eigenvalue weighted by Gasteiger charge is 2.14. The fourth-order valence-corrected chi connectivity index (χ4v) is 1.93. The number of nitrogens with zero attached hydrogens (tertiary/aromatic N) is 1. The molecule has 1 saturated heterocycles. The van der Waals surface area contributed by atoms with Crippen molar-refractivity contribution in [3.8, 4) is 6.07 Å². The molecule has 0 aliphatic carbocycles. The van der Waals surface area contributed by atoms with Crippen molar-refractivity contribution >= 4 is 0 Å². The molecule has 0 amide bonds. The SMILES string of the molecule is N#CCCCOCCCCCOCC1CCCO1. The molecule has 1 heterocycles. The highest BCUT2D eigenvalue weighted by atomic mass is 16.5. The number of hydrogen-bond donors (Lipinski definition) is 0. The van der Waals surface area contributed by atoms with Crippen molar-refractivity contribution in [2.24, 2.45) is 0 Å². The molecule has 0 aromatic heterocycles. The molecule has 1 fully saturated rings. The molecule has 1 aliphatic rings. The first-order chi connectivity index (χ1) is 8.93. The Hall–Kier alpha value is -0.630. The van der Waals surface area contributed by atoms with Crippen molar-refractivity contribution in [1.29, 1.82) is 5.26 Å². The first-order valence-corrected chi connectivity index (χ1v) is 7.07. The van der Waals surface area contributed by atoms with Crippen LogP contribution in [-0.4, -0.2) is 39.1 Å². The maximum Gasteiger partial charge on any atom is 0.0809 e. The van der Waals surface area contributed by atoms with E-state index in [0.717, 1.165) is 58.5 Å². The number of hydrogen-bond acceptors (Lipinski definition) is 4. The molecule has 1 atom stereocenters. The summed E-state index contributed by atoms with van der Waals surface area (Å²) in [5.74, 6) is 0. The highest BCUT2D eigenvalue weighted by molar-refractivity contribution is 4.67. The molecule has 1 rings (SSSR count). The standard InChI is InChI=1S/C14H25NO3/c15-8-2-5-10-16-9-3-1-4-11-17-13-14-7-6-12-18-14/h14H,1-7,9-13H2. The van der Waals surface area contributed by atoms with Crippen molar-refractivity contribution in [3.05, 3.63) is 0 Å². The van der Waals surface area contributed by atoms with Gasteiger partial charge in [-0.25, -0.2) is 0 Å². The van der Waals surface area contributed by atoms with Gasteiger partial charge in [0.25, 0.3) is 0 Å². The van der Waals surface area contributed by atoms with Gasteiger partial charge < -0.3 is 14.2 Å². The van der Waals surface area contributed by atoms with E-state index in [1.54, 1.807) is 0 Å². The molecule has 4 nitrogen and oxygen atoms in total. The van der Waals surface area contributed by atoms with E-state index in [0.29, 0.717) is 19.1 Å². The second-order valence-electron chi connectivity index (χ2n) is 4.64. The molecular formula is C14H25NO3. The topological polar surface area (TPSA) is 51.5 Å². The van der Waals surface area contributed by atoms with Crippen LogP contribution >= 0.6 is 0 Å². The summed E-state index contributed by atoms with van der Waals surface area (Å²) in [6.07, 6.45) is 7.42. The summed E-state index contributed by atoms with van der Waals surface area (Å²) in [6.45, 7) is 4.00. The number of ether oxygens (including phenoxy) is 3. The van der Waals surface area contributed by atoms with E-state index < -0.39 is 0 Å². The van der Waals surface area contributed by atoms with Gasteiger partial charge in [0.1, 0.15) is 0 Å². The monoisotopic (exact) mass is 255 g/mol. The summed E-state index contributed by atoms with van der Waals surface area (Å²) in [4.78, 5) is 0. The zero-order valence-corrected chi connectivity index (χ0v) is 11.2. The van der Waals surface area contributed by atoms with Crippen LogP contribution < -0.4 is 0 Å². The lowest BCUT2D eigenvalue weighted by Crippen LogP contribution is -2.14. The molecule has 0 spiro atoms. The largest absolute Gasteiger partial charge is 0.381 e. The third-order valence-corrected chi connectivity index (χ3v) is 2.98. The van der Waals surface area contributed by atoms with Gasteiger partial charge in [-0.05, 0) is 38.5 Å². The van der Waals surface area contributed by atoms with Crippen LogP contribution in [0.3, 0.4) is 0 Å². The fraction of sp³-hybridized carbons (Fsp3) is 0.929. The van der Waals surface area contributed by atoms with Crippen molar-refractivity contribution in [3.63, 3.8) is 0 Å². The predicted molar refractivity (Wildman–Crippen MR) is 69.3 cm³/mol. The van der Waals surface area contributed by atoms with Gasteiger partial charge in [-0.2, -0.15) is 5.26 Å². The van der Waals surface area contributed by atoms with E-state index in [2.05, 4.69) is 6.07 Å². The molecule has 104 valence electrons. The lowest BCUT2D eigenvalue weighted by Gasteiger charge is -2.09. The summed E-state index contributed by atoms with van der Waals surface area (Å²) < 4.78 is 16.5. The molecule has 0 N–H and O–H groups in total. The summed E-state index contributed by atoms with van der Waals surface area (Å²) in [5, 5.41) is 8.34. The van der Waals surface area contributed by atoms with Crippen LogP contribution in [0.15, 0.2) is 0 Å². The lowest BCUT2D eigenvalue weighted by molar-refractivity contribution is 0.0156. The molecule has 1 unspecified atom stereocenters. The Morgan fingerprint density at radius 2 is 1.83 bits per heavy atom. The Balaban J connectivity index is 1.69. The van der Waals surface area contributed by atoms with Gasteiger partial charge in [-0.1, -0.05) is 0 Å². The highest BCUT2D eigenvalue weighted by Crippen LogP contribution is 2.12. The average Bonchev–Trinajstić information content (AvgIpc) is 2.89. The Kier molecular flexibility index (Phi) is 9.82. The molecule has 4 heteroatoms. The Labute approximate surface area is 110 Å². The van der Waals surface area contributed by atoms with Crippen molar-refractivity contribution in [2.75, 3.05) is 33.0 Å². The third kappa shape index (κ3) is 8.46. The van der Waals surface area contributed by atoms with Gasteiger partial charge in [-0.3, -0.25) is 0 Å². The molecule has 0 aromatic rings. The summed E-state index contributed by atoms with van der Waals surface area (Å²) in [5.41, 5.74) is 0. The number of nitriles is 1. The summed E-state index contributed by atoms with van der Waals surface area (Å²) in [7, 11) is 0. The van der Waals surface area contributed by atoms with E-state index in [1.807, 2.05) is 0 Å². The van der Waals surface area contributed by atoms with E-state index >= 15 is 0 Å². The maximum absolute atomic E-state index is 8.34. The van der Waals surface area contributed by atoms with E-state index in [9.17, 15) is 0 Å². The van der Waals surface area contributed by atoms with Crippen LogP contribution in [0.1, 0.15) is 44.9 Å². The van der Waals surface area contributed by atoms with Gasteiger partial charge in [0, 0.05) is 32.8 Å². The first kappa shape index (κ1) is 15.4. The zero-order valence-electron chi connectivity index (χ0n) is 11.2. The first-order valence-electron chi connectivity index (χ1n) is 7.07. The summed E-state index contributed by atoms with van der Waals surface area (Å²) >= 11 is 0. The average molecular weight is 255 g/mol. The summed E-state index contributed by atoms with van der Waals surface area (Å²) in [6, 6.07) is 2.11. The van der Waals surface area contributed by atoms with Crippen LogP contribution in [0.25, 0.3) is 0 Å². The van der Waals surface area contributed by atoms with Crippen LogP contribution in [-0.2, 0) is 14.2 Å². The lowest BCUT2D eigenvalue weighted by atomic mass is 10.2. The number of rotatable bonds is 11. The Bertz CT molecular complexity index is 222. The molecule has 0 aromatic carbocycles. The van der Waals surface area contributed by atoms with Crippen LogP contribution in [0.4, 0.5) is 0 Å². The van der Waals surface area contributed by atoms with Crippen molar-refractivity contribution < 1.29 is 14.2 Å². The maximum atomic E-state index is 8.34. The Morgan fingerprint density at radius 3 is 2.56 bits per heavy atom.